The Morgan fingerprint density at radius 1 is 1.22 bits per heavy atom. The molecule has 0 spiro atoms. The summed E-state index contributed by atoms with van der Waals surface area (Å²) in [5.41, 5.74) is 9.53. The highest BCUT2D eigenvalue weighted by molar-refractivity contribution is 6.32. The number of hydrogen-bond acceptors (Lipinski definition) is 3. The highest BCUT2D eigenvalue weighted by Crippen LogP contribution is 2.31. The van der Waals surface area contributed by atoms with Crippen LogP contribution in [-0.4, -0.2) is 7.11 Å². The van der Waals surface area contributed by atoms with Crippen molar-refractivity contribution in [2.75, 3.05) is 18.2 Å². The van der Waals surface area contributed by atoms with E-state index < -0.39 is 0 Å². The van der Waals surface area contributed by atoms with Crippen LogP contribution in [0, 0.1) is 6.92 Å². The van der Waals surface area contributed by atoms with Crippen LogP contribution in [0.4, 0.5) is 17.1 Å². The Morgan fingerprint density at radius 2 is 2.00 bits per heavy atom. The molecule has 4 heteroatoms. The van der Waals surface area contributed by atoms with Crippen molar-refractivity contribution >= 4 is 28.7 Å². The molecule has 0 radical (unpaired) electrons. The van der Waals surface area contributed by atoms with Gasteiger partial charge in [-0.3, -0.25) is 0 Å². The first-order chi connectivity index (χ1) is 8.61. The molecule has 0 aliphatic heterocycles. The van der Waals surface area contributed by atoms with Gasteiger partial charge in [0.05, 0.1) is 23.5 Å². The maximum Gasteiger partial charge on any atom is 0.137 e. The molecule has 0 unspecified atom stereocenters. The molecule has 0 bridgehead atoms. The Balaban J connectivity index is 2.29. The molecule has 0 saturated carbocycles. The molecule has 18 heavy (non-hydrogen) atoms. The summed E-state index contributed by atoms with van der Waals surface area (Å²) in [6, 6.07) is 11.4. The summed E-state index contributed by atoms with van der Waals surface area (Å²) in [4.78, 5) is 0. The van der Waals surface area contributed by atoms with E-state index in [0.717, 1.165) is 22.6 Å². The molecule has 0 atom stereocenters. The third kappa shape index (κ3) is 2.51. The third-order valence-corrected chi connectivity index (χ3v) is 3.05. The van der Waals surface area contributed by atoms with Crippen LogP contribution in [-0.2, 0) is 0 Å². The molecule has 94 valence electrons. The van der Waals surface area contributed by atoms with E-state index >= 15 is 0 Å². The van der Waals surface area contributed by atoms with Crippen molar-refractivity contribution in [2.24, 2.45) is 0 Å². The summed E-state index contributed by atoms with van der Waals surface area (Å²) in [6.07, 6.45) is 0. The van der Waals surface area contributed by atoms with Gasteiger partial charge in [0.15, 0.2) is 0 Å². The second kappa shape index (κ2) is 5.19. The van der Waals surface area contributed by atoms with Crippen molar-refractivity contribution in [2.45, 2.75) is 6.92 Å². The van der Waals surface area contributed by atoms with Crippen molar-refractivity contribution in [3.63, 3.8) is 0 Å². The first kappa shape index (κ1) is 12.6. The number of aryl methyl sites for hydroxylation is 1. The van der Waals surface area contributed by atoms with Gasteiger partial charge in [-0.1, -0.05) is 23.7 Å². The van der Waals surface area contributed by atoms with Gasteiger partial charge >= 0.3 is 0 Å². The molecular weight excluding hydrogens is 248 g/mol. The van der Waals surface area contributed by atoms with Crippen LogP contribution in [0.2, 0.25) is 5.02 Å². The summed E-state index contributed by atoms with van der Waals surface area (Å²) in [7, 11) is 1.59. The standard InChI is InChI=1S/C14H15ClN2O/c1-9-4-3-5-12(14(9)16)17-10-6-7-13(18-2)11(15)8-10/h3-8,17H,16H2,1-2H3. The Bertz CT molecular complexity index is 570. The number of nitrogen functional groups attached to an aromatic ring is 1. The quantitative estimate of drug-likeness (QED) is 0.823. The van der Waals surface area contributed by atoms with Gasteiger partial charge in [-0.05, 0) is 36.8 Å². The van der Waals surface area contributed by atoms with E-state index in [1.807, 2.05) is 43.3 Å². The molecule has 2 aromatic rings. The van der Waals surface area contributed by atoms with Crippen molar-refractivity contribution in [3.05, 3.63) is 47.0 Å². The van der Waals surface area contributed by atoms with Crippen LogP contribution in [0.15, 0.2) is 36.4 Å². The van der Waals surface area contributed by atoms with Gasteiger partial charge in [0.1, 0.15) is 5.75 Å². The molecule has 0 saturated heterocycles. The van der Waals surface area contributed by atoms with Crippen LogP contribution in [0.5, 0.6) is 5.75 Å². The molecule has 0 aliphatic carbocycles. The zero-order valence-corrected chi connectivity index (χ0v) is 11.1. The monoisotopic (exact) mass is 262 g/mol. The van der Waals surface area contributed by atoms with E-state index in [2.05, 4.69) is 5.32 Å². The number of hydrogen-bond donors (Lipinski definition) is 2. The predicted molar refractivity (Wildman–Crippen MR) is 76.9 cm³/mol. The Kier molecular flexibility index (Phi) is 3.63. The minimum atomic E-state index is 0.564. The predicted octanol–water partition coefficient (Wildman–Crippen LogP) is 3.98. The van der Waals surface area contributed by atoms with Crippen molar-refractivity contribution < 1.29 is 4.74 Å². The van der Waals surface area contributed by atoms with E-state index in [1.54, 1.807) is 7.11 Å². The molecule has 2 rings (SSSR count). The van der Waals surface area contributed by atoms with E-state index in [-0.39, 0.29) is 0 Å². The van der Waals surface area contributed by atoms with E-state index in [4.69, 9.17) is 22.1 Å². The maximum atomic E-state index is 6.07. The van der Waals surface area contributed by atoms with Gasteiger partial charge in [0, 0.05) is 5.69 Å². The maximum absolute atomic E-state index is 6.07. The van der Waals surface area contributed by atoms with Gasteiger partial charge < -0.3 is 15.8 Å². The third-order valence-electron chi connectivity index (χ3n) is 2.75. The molecule has 0 aliphatic rings. The topological polar surface area (TPSA) is 47.3 Å². The lowest BCUT2D eigenvalue weighted by atomic mass is 10.1. The van der Waals surface area contributed by atoms with Gasteiger partial charge in [0.25, 0.3) is 0 Å². The number of nitrogens with two attached hydrogens (primary N) is 1. The molecule has 0 aromatic heterocycles. The van der Waals surface area contributed by atoms with Gasteiger partial charge in [-0.2, -0.15) is 0 Å². The number of methoxy groups -OCH3 is 1. The van der Waals surface area contributed by atoms with Gasteiger partial charge in [-0.15, -0.1) is 0 Å². The number of halogens is 1. The molecule has 0 fully saturated rings. The van der Waals surface area contributed by atoms with Crippen molar-refractivity contribution in [1.82, 2.24) is 0 Å². The zero-order valence-electron chi connectivity index (χ0n) is 10.3. The second-order valence-corrected chi connectivity index (χ2v) is 4.42. The zero-order chi connectivity index (χ0) is 13.1. The van der Waals surface area contributed by atoms with Crippen molar-refractivity contribution in [3.8, 4) is 5.75 Å². The molecule has 2 aromatic carbocycles. The summed E-state index contributed by atoms with van der Waals surface area (Å²) in [5, 5.41) is 3.80. The number of ether oxygens (including phenoxy) is 1. The van der Waals surface area contributed by atoms with Gasteiger partial charge in [0.2, 0.25) is 0 Å². The molecule has 3 N–H and O–H groups in total. The van der Waals surface area contributed by atoms with Crippen LogP contribution >= 0.6 is 11.6 Å². The average Bonchev–Trinajstić information content (AvgIpc) is 2.35. The van der Waals surface area contributed by atoms with Crippen LogP contribution in [0.1, 0.15) is 5.56 Å². The van der Waals surface area contributed by atoms with E-state index in [9.17, 15) is 0 Å². The Hall–Kier alpha value is -1.87. The van der Waals surface area contributed by atoms with Gasteiger partial charge in [-0.25, -0.2) is 0 Å². The summed E-state index contributed by atoms with van der Waals surface area (Å²) in [6.45, 7) is 1.97. The lowest BCUT2D eigenvalue weighted by Gasteiger charge is -2.12. The molecule has 0 amide bonds. The first-order valence-electron chi connectivity index (χ1n) is 5.57. The fourth-order valence-corrected chi connectivity index (χ4v) is 1.95. The number of anilines is 3. The fraction of sp³-hybridized carbons (Fsp3) is 0.143. The summed E-state index contributed by atoms with van der Waals surface area (Å²) >= 11 is 6.07. The number of nitrogens with one attached hydrogen (secondary N) is 1. The molecular formula is C14H15ClN2O. The minimum Gasteiger partial charge on any atom is -0.495 e. The number of benzene rings is 2. The van der Waals surface area contributed by atoms with Crippen molar-refractivity contribution in [1.29, 1.82) is 0 Å². The lowest BCUT2D eigenvalue weighted by Crippen LogP contribution is -1.98. The average molecular weight is 263 g/mol. The highest BCUT2D eigenvalue weighted by Gasteiger charge is 2.04. The molecule has 0 heterocycles. The van der Waals surface area contributed by atoms with E-state index in [0.29, 0.717) is 10.8 Å². The van der Waals surface area contributed by atoms with Crippen LogP contribution in [0.3, 0.4) is 0 Å². The second-order valence-electron chi connectivity index (χ2n) is 4.01. The summed E-state index contributed by atoms with van der Waals surface area (Å²) < 4.78 is 5.11. The largest absolute Gasteiger partial charge is 0.495 e. The number of para-hydroxylation sites is 1. The number of rotatable bonds is 3. The summed E-state index contributed by atoms with van der Waals surface area (Å²) in [5.74, 6) is 0.652. The SMILES string of the molecule is COc1ccc(Nc2cccc(C)c2N)cc1Cl. The van der Waals surface area contributed by atoms with E-state index in [1.165, 1.54) is 0 Å². The normalized spacial score (nSPS) is 10.2. The first-order valence-corrected chi connectivity index (χ1v) is 5.95. The smallest absolute Gasteiger partial charge is 0.137 e. The van der Waals surface area contributed by atoms with Crippen LogP contribution < -0.4 is 15.8 Å². The minimum absolute atomic E-state index is 0.564. The fourth-order valence-electron chi connectivity index (χ4n) is 1.69. The Morgan fingerprint density at radius 3 is 2.67 bits per heavy atom. The molecule has 3 nitrogen and oxygen atoms in total. The lowest BCUT2D eigenvalue weighted by molar-refractivity contribution is 0.415. The Labute approximate surface area is 112 Å². The highest BCUT2D eigenvalue weighted by atomic mass is 35.5. The van der Waals surface area contributed by atoms with Crippen LogP contribution in [0.25, 0.3) is 0 Å².